The van der Waals surface area contributed by atoms with Gasteiger partial charge in [0.25, 0.3) is 0 Å². The highest BCUT2D eigenvalue weighted by Crippen LogP contribution is 2.33. The summed E-state index contributed by atoms with van der Waals surface area (Å²) in [5.74, 6) is -1.13. The van der Waals surface area contributed by atoms with Gasteiger partial charge in [-0.25, -0.2) is 4.98 Å². The van der Waals surface area contributed by atoms with E-state index in [1.54, 1.807) is 0 Å². The van der Waals surface area contributed by atoms with Gasteiger partial charge in [-0.3, -0.25) is 4.79 Å². The van der Waals surface area contributed by atoms with E-state index in [9.17, 15) is 18.0 Å². The van der Waals surface area contributed by atoms with Crippen molar-refractivity contribution in [2.75, 3.05) is 0 Å². The van der Waals surface area contributed by atoms with Crippen LogP contribution < -0.4 is 0 Å². The summed E-state index contributed by atoms with van der Waals surface area (Å²) in [5.41, 5.74) is -0.947. The Labute approximate surface area is 104 Å². The number of alkyl halides is 3. The molecule has 1 N–H and O–H groups in total. The van der Waals surface area contributed by atoms with Gasteiger partial charge in [-0.1, -0.05) is 23.4 Å². The smallest absolute Gasteiger partial charge is 0.416 e. The Bertz CT molecular complexity index is 439. The molecule has 0 fully saturated rings. The van der Waals surface area contributed by atoms with E-state index in [-0.39, 0.29) is 10.2 Å². The fraction of sp³-hybridized carbons (Fsp3) is 0.333. The average molecular weight is 286 g/mol. The van der Waals surface area contributed by atoms with Crippen LogP contribution in [0.15, 0.2) is 17.2 Å². The van der Waals surface area contributed by atoms with Gasteiger partial charge in [0.1, 0.15) is 10.4 Å². The number of carbonyl (C=O) groups is 1. The number of halogens is 4. The van der Waals surface area contributed by atoms with E-state index in [4.69, 9.17) is 16.7 Å². The van der Waals surface area contributed by atoms with Gasteiger partial charge in [-0.2, -0.15) is 13.2 Å². The Morgan fingerprint density at radius 2 is 2.12 bits per heavy atom. The number of pyridine rings is 1. The van der Waals surface area contributed by atoms with Crippen LogP contribution in [0, 0.1) is 0 Å². The van der Waals surface area contributed by atoms with Crippen LogP contribution in [-0.2, 0) is 11.0 Å². The van der Waals surface area contributed by atoms with E-state index in [0.717, 1.165) is 6.07 Å². The Kier molecular flexibility index (Phi) is 4.26. The standard InChI is InChI=1S/C9H7ClF3NO2S/c1-4(8(15)16)17-7-3-5(9(11,12)13)2-6(10)14-7/h2-4H,1H3,(H,15,16)/t4-/m0/s1. The number of rotatable bonds is 3. The van der Waals surface area contributed by atoms with Gasteiger partial charge in [-0.05, 0) is 19.1 Å². The molecule has 0 aliphatic carbocycles. The second-order valence-electron chi connectivity index (χ2n) is 3.11. The van der Waals surface area contributed by atoms with Crippen molar-refractivity contribution in [1.82, 2.24) is 4.98 Å². The summed E-state index contributed by atoms with van der Waals surface area (Å²) < 4.78 is 37.3. The van der Waals surface area contributed by atoms with Crippen molar-refractivity contribution < 1.29 is 23.1 Å². The zero-order valence-corrected chi connectivity index (χ0v) is 10.0. The maximum absolute atomic E-state index is 12.4. The summed E-state index contributed by atoms with van der Waals surface area (Å²) in [6.45, 7) is 1.35. The maximum Gasteiger partial charge on any atom is 0.416 e. The molecule has 1 atom stereocenters. The van der Waals surface area contributed by atoms with E-state index in [0.29, 0.717) is 17.8 Å². The monoisotopic (exact) mass is 285 g/mol. The molecule has 1 aromatic heterocycles. The maximum atomic E-state index is 12.4. The SMILES string of the molecule is C[C@H](Sc1cc(C(F)(F)F)cc(Cl)n1)C(=O)O. The quantitative estimate of drug-likeness (QED) is 0.684. The Morgan fingerprint density at radius 1 is 1.53 bits per heavy atom. The van der Waals surface area contributed by atoms with Crippen LogP contribution in [0.3, 0.4) is 0 Å². The first-order valence-corrected chi connectivity index (χ1v) is 5.60. The van der Waals surface area contributed by atoms with E-state index in [1.807, 2.05) is 0 Å². The van der Waals surface area contributed by atoms with E-state index in [2.05, 4.69) is 4.98 Å². The lowest BCUT2D eigenvalue weighted by molar-refractivity contribution is -0.138. The first-order chi connectivity index (χ1) is 7.70. The Balaban J connectivity index is 3.02. The molecular formula is C9H7ClF3NO2S. The van der Waals surface area contributed by atoms with Gasteiger partial charge in [-0.15, -0.1) is 0 Å². The highest BCUT2D eigenvalue weighted by molar-refractivity contribution is 8.00. The highest BCUT2D eigenvalue weighted by Gasteiger charge is 2.31. The van der Waals surface area contributed by atoms with Crippen LogP contribution >= 0.6 is 23.4 Å². The molecule has 0 radical (unpaired) electrons. The molecule has 1 heterocycles. The lowest BCUT2D eigenvalue weighted by Crippen LogP contribution is -2.12. The van der Waals surface area contributed by atoms with Gasteiger partial charge in [0.2, 0.25) is 0 Å². The first kappa shape index (κ1) is 14.1. The van der Waals surface area contributed by atoms with Crippen molar-refractivity contribution in [2.24, 2.45) is 0 Å². The molecule has 1 rings (SSSR count). The van der Waals surface area contributed by atoms with Gasteiger partial charge in [0.15, 0.2) is 0 Å². The van der Waals surface area contributed by atoms with E-state index < -0.39 is 23.0 Å². The molecule has 0 amide bonds. The number of carboxylic acids is 1. The molecule has 0 aromatic carbocycles. The molecule has 0 spiro atoms. The predicted octanol–water partition coefficient (Wildman–Crippen LogP) is 3.32. The number of hydrogen-bond acceptors (Lipinski definition) is 3. The molecule has 3 nitrogen and oxygen atoms in total. The topological polar surface area (TPSA) is 50.2 Å². The number of hydrogen-bond donors (Lipinski definition) is 1. The summed E-state index contributed by atoms with van der Waals surface area (Å²) >= 11 is 6.15. The highest BCUT2D eigenvalue weighted by atomic mass is 35.5. The van der Waals surface area contributed by atoms with Gasteiger partial charge in [0.05, 0.1) is 10.6 Å². The fourth-order valence-corrected chi connectivity index (χ4v) is 2.00. The summed E-state index contributed by atoms with van der Waals surface area (Å²) in [5, 5.41) is 7.35. The van der Waals surface area contributed by atoms with Crippen molar-refractivity contribution in [1.29, 1.82) is 0 Å². The molecule has 94 valence electrons. The molecule has 1 aromatic rings. The van der Waals surface area contributed by atoms with Crippen molar-refractivity contribution in [3.05, 3.63) is 22.8 Å². The predicted molar refractivity (Wildman–Crippen MR) is 57.2 cm³/mol. The van der Waals surface area contributed by atoms with Crippen LogP contribution in [0.5, 0.6) is 0 Å². The molecule has 0 saturated carbocycles. The molecule has 0 saturated heterocycles. The summed E-state index contributed by atoms with van der Waals surface area (Å²) in [4.78, 5) is 14.2. The molecule has 0 aliphatic rings. The number of thioether (sulfide) groups is 1. The van der Waals surface area contributed by atoms with Gasteiger partial charge >= 0.3 is 12.1 Å². The molecule has 0 unspecified atom stereocenters. The number of nitrogens with zero attached hydrogens (tertiary/aromatic N) is 1. The molecule has 0 bridgehead atoms. The number of aliphatic carboxylic acids is 1. The third kappa shape index (κ3) is 4.08. The van der Waals surface area contributed by atoms with Crippen molar-refractivity contribution >= 4 is 29.3 Å². The Hall–Kier alpha value is -0.950. The summed E-state index contributed by atoms with van der Waals surface area (Å²) in [7, 11) is 0. The molecule has 17 heavy (non-hydrogen) atoms. The zero-order valence-electron chi connectivity index (χ0n) is 8.45. The lowest BCUT2D eigenvalue weighted by Gasteiger charge is -2.10. The van der Waals surface area contributed by atoms with Gasteiger partial charge < -0.3 is 5.11 Å². The van der Waals surface area contributed by atoms with Crippen LogP contribution in [0.4, 0.5) is 13.2 Å². The zero-order chi connectivity index (χ0) is 13.2. The second kappa shape index (κ2) is 5.14. The number of aromatic nitrogens is 1. The van der Waals surface area contributed by atoms with Crippen molar-refractivity contribution in [3.63, 3.8) is 0 Å². The minimum atomic E-state index is -4.53. The summed E-state index contributed by atoms with van der Waals surface area (Å²) in [6.07, 6.45) is -4.53. The van der Waals surface area contributed by atoms with Crippen LogP contribution in [0.1, 0.15) is 12.5 Å². The first-order valence-electron chi connectivity index (χ1n) is 4.34. The van der Waals surface area contributed by atoms with Crippen molar-refractivity contribution in [2.45, 2.75) is 23.4 Å². The molecule has 0 aliphatic heterocycles. The third-order valence-electron chi connectivity index (χ3n) is 1.74. The third-order valence-corrected chi connectivity index (χ3v) is 2.94. The minimum Gasteiger partial charge on any atom is -0.480 e. The molecule has 8 heteroatoms. The molecular weight excluding hydrogens is 279 g/mol. The van der Waals surface area contributed by atoms with Crippen molar-refractivity contribution in [3.8, 4) is 0 Å². The normalized spacial score (nSPS) is 13.5. The Morgan fingerprint density at radius 3 is 2.59 bits per heavy atom. The average Bonchev–Trinajstić information content (AvgIpc) is 2.15. The largest absolute Gasteiger partial charge is 0.480 e. The van der Waals surface area contributed by atoms with Crippen LogP contribution in [0.2, 0.25) is 5.15 Å². The van der Waals surface area contributed by atoms with Crippen LogP contribution in [-0.4, -0.2) is 21.3 Å². The summed E-state index contributed by atoms with van der Waals surface area (Å²) in [6, 6.07) is 1.47. The van der Waals surface area contributed by atoms with E-state index in [1.165, 1.54) is 6.92 Å². The second-order valence-corrected chi connectivity index (χ2v) is 4.86. The minimum absolute atomic E-state index is 0.0697. The van der Waals surface area contributed by atoms with Crippen LogP contribution in [0.25, 0.3) is 0 Å². The van der Waals surface area contributed by atoms with Gasteiger partial charge in [0, 0.05) is 0 Å². The van der Waals surface area contributed by atoms with E-state index >= 15 is 0 Å². The lowest BCUT2D eigenvalue weighted by atomic mass is 10.3. The fourth-order valence-electron chi connectivity index (χ4n) is 0.928. The number of carboxylic acid groups (broad SMARTS) is 1.